The number of carboxylic acids is 1. The number of rotatable bonds is 9. The van der Waals surface area contributed by atoms with Crippen molar-refractivity contribution in [2.24, 2.45) is 0 Å². The van der Waals surface area contributed by atoms with Gasteiger partial charge in [-0.05, 0) is 49.1 Å². The minimum Gasteiger partial charge on any atom is -0.490 e. The molecule has 1 heterocycles. The van der Waals surface area contributed by atoms with Gasteiger partial charge in [0.1, 0.15) is 24.3 Å². The molecule has 178 valence electrons. The molecule has 1 aliphatic heterocycles. The predicted molar refractivity (Wildman–Crippen MR) is 124 cm³/mol. The normalized spacial score (nSPS) is 16.9. The Balaban J connectivity index is 1.73. The zero-order valence-corrected chi connectivity index (χ0v) is 18.9. The Morgan fingerprint density at radius 3 is 2.56 bits per heavy atom. The summed E-state index contributed by atoms with van der Waals surface area (Å²) in [6, 6.07) is 16.9. The highest BCUT2D eigenvalue weighted by atomic mass is 19.1. The molecule has 1 saturated heterocycles. The summed E-state index contributed by atoms with van der Waals surface area (Å²) >= 11 is 0. The van der Waals surface area contributed by atoms with Crippen molar-refractivity contribution in [3.8, 4) is 11.5 Å². The molecule has 3 aromatic carbocycles. The topological polar surface area (TPSA) is 59.0 Å². The van der Waals surface area contributed by atoms with Gasteiger partial charge in [-0.3, -0.25) is 9.69 Å². The Labute approximate surface area is 197 Å². The second-order valence-electron chi connectivity index (χ2n) is 8.22. The van der Waals surface area contributed by atoms with Crippen LogP contribution in [0.25, 0.3) is 0 Å². The molecule has 2 atom stereocenters. The van der Waals surface area contributed by atoms with Gasteiger partial charge in [0, 0.05) is 18.2 Å². The lowest BCUT2D eigenvalue weighted by Crippen LogP contribution is -2.39. The van der Waals surface area contributed by atoms with E-state index in [0.29, 0.717) is 49.7 Å². The molecule has 34 heavy (non-hydrogen) atoms. The number of likely N-dealkylation sites (tertiary alicyclic amines) is 1. The SMILES string of the molecule is CCOc1cc(C(c2ccc(F)cc2F)N2CCCC2C(=O)O)ccc1OCc1ccccc1. The van der Waals surface area contributed by atoms with Crippen LogP contribution in [0.2, 0.25) is 0 Å². The van der Waals surface area contributed by atoms with E-state index >= 15 is 0 Å². The maximum Gasteiger partial charge on any atom is 0.320 e. The number of aliphatic carboxylic acids is 1. The number of hydrogen-bond donors (Lipinski definition) is 1. The maximum atomic E-state index is 14.9. The molecule has 5 nitrogen and oxygen atoms in total. The van der Waals surface area contributed by atoms with Crippen LogP contribution in [0.4, 0.5) is 8.78 Å². The van der Waals surface area contributed by atoms with E-state index in [4.69, 9.17) is 9.47 Å². The first-order chi connectivity index (χ1) is 16.5. The number of benzene rings is 3. The highest BCUT2D eigenvalue weighted by Gasteiger charge is 2.38. The molecule has 0 spiro atoms. The van der Waals surface area contributed by atoms with Crippen molar-refractivity contribution in [3.63, 3.8) is 0 Å². The van der Waals surface area contributed by atoms with Gasteiger partial charge in [0.05, 0.1) is 12.6 Å². The van der Waals surface area contributed by atoms with E-state index in [1.807, 2.05) is 37.3 Å². The van der Waals surface area contributed by atoms with Crippen LogP contribution in [0.5, 0.6) is 11.5 Å². The van der Waals surface area contributed by atoms with Gasteiger partial charge in [0.25, 0.3) is 0 Å². The first-order valence-electron chi connectivity index (χ1n) is 11.3. The van der Waals surface area contributed by atoms with Crippen molar-refractivity contribution in [1.82, 2.24) is 4.90 Å². The Morgan fingerprint density at radius 1 is 1.06 bits per heavy atom. The van der Waals surface area contributed by atoms with Gasteiger partial charge in [0.2, 0.25) is 0 Å². The van der Waals surface area contributed by atoms with Crippen molar-refractivity contribution in [2.45, 2.75) is 38.5 Å². The molecule has 0 amide bonds. The van der Waals surface area contributed by atoms with Crippen LogP contribution in [0.15, 0.2) is 66.7 Å². The minimum absolute atomic E-state index is 0.218. The third kappa shape index (κ3) is 5.20. The quantitative estimate of drug-likeness (QED) is 0.445. The first kappa shape index (κ1) is 23.7. The van der Waals surface area contributed by atoms with Crippen molar-refractivity contribution < 1.29 is 28.2 Å². The number of hydrogen-bond acceptors (Lipinski definition) is 4. The Bertz CT molecular complexity index is 1140. The monoisotopic (exact) mass is 467 g/mol. The lowest BCUT2D eigenvalue weighted by Gasteiger charge is -2.32. The van der Waals surface area contributed by atoms with Gasteiger partial charge >= 0.3 is 5.97 Å². The zero-order chi connectivity index (χ0) is 24.1. The molecule has 3 aromatic rings. The standard InChI is InChI=1S/C27H27F2NO4/c1-2-33-25-15-19(10-13-24(25)34-17-18-7-4-3-5-8-18)26(21-12-11-20(28)16-22(21)29)30-14-6-9-23(30)27(31)32/h3-5,7-8,10-13,15-16,23,26H,2,6,9,14,17H2,1H3,(H,31,32). The van der Waals surface area contributed by atoms with Gasteiger partial charge in [-0.1, -0.05) is 42.5 Å². The maximum absolute atomic E-state index is 14.9. The third-order valence-corrected chi connectivity index (χ3v) is 5.99. The number of halogens is 2. The summed E-state index contributed by atoms with van der Waals surface area (Å²) in [6.07, 6.45) is 1.14. The second kappa shape index (κ2) is 10.7. The van der Waals surface area contributed by atoms with Crippen LogP contribution in [0, 0.1) is 11.6 Å². The summed E-state index contributed by atoms with van der Waals surface area (Å²) < 4.78 is 40.4. The first-order valence-corrected chi connectivity index (χ1v) is 11.3. The fraction of sp³-hybridized carbons (Fsp3) is 0.296. The minimum atomic E-state index is -0.960. The van der Waals surface area contributed by atoms with Gasteiger partial charge in [-0.25, -0.2) is 8.78 Å². The van der Waals surface area contributed by atoms with E-state index < -0.39 is 29.7 Å². The summed E-state index contributed by atoms with van der Waals surface area (Å²) in [6.45, 7) is 3.08. The van der Waals surface area contributed by atoms with E-state index in [1.54, 1.807) is 23.1 Å². The van der Waals surface area contributed by atoms with Crippen LogP contribution < -0.4 is 9.47 Å². The number of nitrogens with zero attached hydrogens (tertiary/aromatic N) is 1. The molecular formula is C27H27F2NO4. The lowest BCUT2D eigenvalue weighted by molar-refractivity contribution is -0.142. The molecule has 1 fully saturated rings. The molecule has 0 saturated carbocycles. The fourth-order valence-electron chi connectivity index (χ4n) is 4.45. The van der Waals surface area contributed by atoms with Crippen LogP contribution in [0.1, 0.15) is 42.5 Å². The summed E-state index contributed by atoms with van der Waals surface area (Å²) in [5, 5.41) is 9.76. The summed E-state index contributed by atoms with van der Waals surface area (Å²) in [5.74, 6) is -1.35. The molecule has 0 radical (unpaired) electrons. The van der Waals surface area contributed by atoms with E-state index in [2.05, 4.69) is 0 Å². The highest BCUT2D eigenvalue weighted by Crippen LogP contribution is 2.40. The van der Waals surface area contributed by atoms with Crippen molar-refractivity contribution in [3.05, 3.63) is 95.1 Å². The molecule has 1 N–H and O–H groups in total. The number of carboxylic acid groups (broad SMARTS) is 1. The fourth-order valence-corrected chi connectivity index (χ4v) is 4.45. The zero-order valence-electron chi connectivity index (χ0n) is 18.9. The highest BCUT2D eigenvalue weighted by molar-refractivity contribution is 5.74. The predicted octanol–water partition coefficient (Wildman–Crippen LogP) is 5.58. The Kier molecular flexibility index (Phi) is 7.43. The molecule has 1 aliphatic rings. The number of carbonyl (C=O) groups is 1. The largest absolute Gasteiger partial charge is 0.490 e. The molecular weight excluding hydrogens is 440 g/mol. The van der Waals surface area contributed by atoms with E-state index in [-0.39, 0.29) is 5.56 Å². The molecule has 0 bridgehead atoms. The van der Waals surface area contributed by atoms with Crippen molar-refractivity contribution >= 4 is 5.97 Å². The molecule has 2 unspecified atom stereocenters. The average molecular weight is 468 g/mol. The molecule has 7 heteroatoms. The lowest BCUT2D eigenvalue weighted by atomic mass is 9.95. The van der Waals surface area contributed by atoms with Crippen molar-refractivity contribution in [1.29, 1.82) is 0 Å². The van der Waals surface area contributed by atoms with E-state index in [0.717, 1.165) is 11.6 Å². The second-order valence-corrected chi connectivity index (χ2v) is 8.22. The van der Waals surface area contributed by atoms with Crippen LogP contribution in [0.3, 0.4) is 0 Å². The van der Waals surface area contributed by atoms with E-state index in [1.165, 1.54) is 12.1 Å². The average Bonchev–Trinajstić information content (AvgIpc) is 3.31. The number of ether oxygens (including phenoxy) is 2. The summed E-state index contributed by atoms with van der Waals surface area (Å²) in [7, 11) is 0. The van der Waals surface area contributed by atoms with Crippen LogP contribution in [-0.2, 0) is 11.4 Å². The van der Waals surface area contributed by atoms with Gasteiger partial charge < -0.3 is 14.6 Å². The summed E-state index contributed by atoms with van der Waals surface area (Å²) in [4.78, 5) is 13.7. The molecule has 0 aliphatic carbocycles. The Hall–Kier alpha value is -3.45. The summed E-state index contributed by atoms with van der Waals surface area (Å²) in [5.41, 5.74) is 1.87. The van der Waals surface area contributed by atoms with Gasteiger partial charge in [-0.15, -0.1) is 0 Å². The molecule has 0 aromatic heterocycles. The van der Waals surface area contributed by atoms with Crippen LogP contribution >= 0.6 is 0 Å². The van der Waals surface area contributed by atoms with Crippen LogP contribution in [-0.4, -0.2) is 35.2 Å². The molecule has 4 rings (SSSR count). The smallest absolute Gasteiger partial charge is 0.320 e. The van der Waals surface area contributed by atoms with Gasteiger partial charge in [0.15, 0.2) is 11.5 Å². The van der Waals surface area contributed by atoms with E-state index in [9.17, 15) is 18.7 Å². The van der Waals surface area contributed by atoms with Gasteiger partial charge in [-0.2, -0.15) is 0 Å². The Morgan fingerprint density at radius 2 is 1.85 bits per heavy atom. The third-order valence-electron chi connectivity index (χ3n) is 5.99. The van der Waals surface area contributed by atoms with Crippen molar-refractivity contribution in [2.75, 3.05) is 13.2 Å².